The molecule has 2 N–H and O–H groups in total. The molecular weight excluding hydrogens is 300 g/mol. The van der Waals surface area contributed by atoms with Gasteiger partial charge in [0.1, 0.15) is 0 Å². The highest BCUT2D eigenvalue weighted by Gasteiger charge is 2.36. The highest BCUT2D eigenvalue weighted by atomic mass is 35.5. The monoisotopic (exact) mass is 326 g/mol. The number of aromatic nitrogens is 2. The normalized spacial score (nSPS) is 26.6. The van der Waals surface area contributed by atoms with Crippen molar-refractivity contribution < 1.29 is 4.79 Å². The van der Waals surface area contributed by atoms with Crippen LogP contribution in [0.1, 0.15) is 44.1 Å². The number of nitrogens with one attached hydrogen (secondary N) is 2. The third kappa shape index (κ3) is 3.63. The van der Waals surface area contributed by atoms with Crippen molar-refractivity contribution >= 4 is 18.3 Å². The van der Waals surface area contributed by atoms with Crippen LogP contribution in [0, 0.1) is 11.8 Å². The lowest BCUT2D eigenvalue weighted by Crippen LogP contribution is -2.42. The Bertz CT molecular complexity index is 498. The Morgan fingerprint density at radius 2 is 2.14 bits per heavy atom. The van der Waals surface area contributed by atoms with Gasteiger partial charge in [0.15, 0.2) is 0 Å². The molecule has 0 radical (unpaired) electrons. The van der Waals surface area contributed by atoms with Crippen molar-refractivity contribution in [2.75, 3.05) is 13.1 Å². The van der Waals surface area contributed by atoms with E-state index in [1.165, 1.54) is 25.7 Å². The first-order valence-electron chi connectivity index (χ1n) is 8.15. The van der Waals surface area contributed by atoms with E-state index < -0.39 is 0 Å². The number of carbonyl (C=O) groups excluding carboxylic acids is 1. The van der Waals surface area contributed by atoms with E-state index in [-0.39, 0.29) is 30.2 Å². The fraction of sp³-hybridized carbons (Fsp3) is 0.750. The highest BCUT2D eigenvalue weighted by Crippen LogP contribution is 2.30. The van der Waals surface area contributed by atoms with Crippen LogP contribution in [0.2, 0.25) is 0 Å². The predicted molar refractivity (Wildman–Crippen MR) is 89.1 cm³/mol. The molecule has 0 spiro atoms. The zero-order valence-electron chi connectivity index (χ0n) is 13.4. The molecule has 3 rings (SSSR count). The number of aryl methyl sites for hydroxylation is 1. The third-order valence-corrected chi connectivity index (χ3v) is 5.18. The van der Waals surface area contributed by atoms with Crippen LogP contribution in [0.25, 0.3) is 0 Å². The lowest BCUT2D eigenvalue weighted by molar-refractivity contribution is -0.125. The summed E-state index contributed by atoms with van der Waals surface area (Å²) in [5.74, 6) is 1.14. The van der Waals surface area contributed by atoms with E-state index in [2.05, 4.69) is 22.7 Å². The maximum Gasteiger partial charge on any atom is 0.225 e. The first-order chi connectivity index (χ1) is 10.1. The van der Waals surface area contributed by atoms with E-state index in [0.717, 1.165) is 18.7 Å². The summed E-state index contributed by atoms with van der Waals surface area (Å²) in [6.45, 7) is 3.79. The van der Waals surface area contributed by atoms with Gasteiger partial charge in [0.05, 0.1) is 12.1 Å². The molecule has 0 bridgehead atoms. The Morgan fingerprint density at radius 3 is 2.77 bits per heavy atom. The summed E-state index contributed by atoms with van der Waals surface area (Å²) in [5, 5.41) is 10.9. The van der Waals surface area contributed by atoms with Crippen molar-refractivity contribution in [3.8, 4) is 0 Å². The standard InChI is InChI=1S/C16H26N4O.ClH/c1-11(12-5-3-4-6-12)19-16(21)15-9-17-8-14(15)13-7-18-20(2)10-13;/h7,10-12,14-15,17H,3-6,8-9H2,1-2H3,(H,19,21);1H/t11?,14-,15+;/m1./s1. The number of hydrogen-bond acceptors (Lipinski definition) is 3. The van der Waals surface area contributed by atoms with Crippen LogP contribution in [0.3, 0.4) is 0 Å². The van der Waals surface area contributed by atoms with Gasteiger partial charge >= 0.3 is 0 Å². The summed E-state index contributed by atoms with van der Waals surface area (Å²) in [5.41, 5.74) is 1.16. The molecule has 1 aromatic heterocycles. The maximum absolute atomic E-state index is 12.6. The van der Waals surface area contributed by atoms with Crippen molar-refractivity contribution in [2.24, 2.45) is 18.9 Å². The van der Waals surface area contributed by atoms with Crippen LogP contribution in [0.4, 0.5) is 0 Å². The molecule has 3 atom stereocenters. The van der Waals surface area contributed by atoms with Crippen LogP contribution < -0.4 is 10.6 Å². The van der Waals surface area contributed by atoms with E-state index in [1.54, 1.807) is 0 Å². The molecule has 124 valence electrons. The third-order valence-electron chi connectivity index (χ3n) is 5.18. The summed E-state index contributed by atoms with van der Waals surface area (Å²) in [4.78, 5) is 12.6. The molecule has 2 heterocycles. The minimum atomic E-state index is 0. The Morgan fingerprint density at radius 1 is 1.41 bits per heavy atom. The number of carbonyl (C=O) groups is 1. The SMILES string of the molecule is CC(NC(=O)[C@H]1CNC[C@@H]1c1cnn(C)c1)C1CCCC1.Cl. The minimum absolute atomic E-state index is 0. The molecule has 2 aliphatic rings. The van der Waals surface area contributed by atoms with Gasteiger partial charge in [0.25, 0.3) is 0 Å². The topological polar surface area (TPSA) is 59.0 Å². The van der Waals surface area contributed by atoms with Crippen LogP contribution in [-0.4, -0.2) is 34.8 Å². The fourth-order valence-electron chi connectivity index (χ4n) is 3.84. The van der Waals surface area contributed by atoms with Gasteiger partial charge in [0.2, 0.25) is 5.91 Å². The Balaban J connectivity index is 0.00000176. The van der Waals surface area contributed by atoms with Gasteiger partial charge in [0, 0.05) is 38.3 Å². The Kier molecular flexibility index (Phi) is 5.87. The summed E-state index contributed by atoms with van der Waals surface area (Å²) in [7, 11) is 1.92. The van der Waals surface area contributed by atoms with Crippen LogP contribution in [0.15, 0.2) is 12.4 Å². The van der Waals surface area contributed by atoms with Gasteiger partial charge in [-0.2, -0.15) is 5.10 Å². The van der Waals surface area contributed by atoms with Crippen molar-refractivity contribution in [3.63, 3.8) is 0 Å². The van der Waals surface area contributed by atoms with Gasteiger partial charge in [-0.25, -0.2) is 0 Å². The predicted octanol–water partition coefficient (Wildman–Crippen LogP) is 1.84. The molecule has 5 nitrogen and oxygen atoms in total. The lowest BCUT2D eigenvalue weighted by Gasteiger charge is -2.24. The van der Waals surface area contributed by atoms with E-state index in [1.807, 2.05) is 24.1 Å². The second-order valence-electron chi connectivity index (χ2n) is 6.66. The molecule has 0 aromatic carbocycles. The molecule has 1 unspecified atom stereocenters. The highest BCUT2D eigenvalue weighted by molar-refractivity contribution is 5.85. The molecule has 1 aromatic rings. The largest absolute Gasteiger partial charge is 0.353 e. The summed E-state index contributed by atoms with van der Waals surface area (Å²) in [6.07, 6.45) is 9.06. The summed E-state index contributed by atoms with van der Waals surface area (Å²) in [6, 6.07) is 0.301. The molecule has 1 saturated heterocycles. The van der Waals surface area contributed by atoms with Crippen molar-refractivity contribution in [3.05, 3.63) is 18.0 Å². The number of hydrogen-bond donors (Lipinski definition) is 2. The molecule has 1 aliphatic heterocycles. The van der Waals surface area contributed by atoms with Gasteiger partial charge in [-0.1, -0.05) is 12.8 Å². The zero-order chi connectivity index (χ0) is 14.8. The van der Waals surface area contributed by atoms with E-state index in [4.69, 9.17) is 0 Å². The second-order valence-corrected chi connectivity index (χ2v) is 6.66. The maximum atomic E-state index is 12.6. The first kappa shape index (κ1) is 17.3. The molecular formula is C16H27ClN4O. The summed E-state index contributed by atoms with van der Waals surface area (Å²) < 4.78 is 1.81. The van der Waals surface area contributed by atoms with Crippen molar-refractivity contribution in [2.45, 2.75) is 44.6 Å². The molecule has 1 aliphatic carbocycles. The number of amides is 1. The van der Waals surface area contributed by atoms with E-state index >= 15 is 0 Å². The zero-order valence-corrected chi connectivity index (χ0v) is 14.2. The van der Waals surface area contributed by atoms with E-state index in [9.17, 15) is 4.79 Å². The van der Waals surface area contributed by atoms with Crippen molar-refractivity contribution in [1.29, 1.82) is 0 Å². The number of rotatable bonds is 4. The lowest BCUT2D eigenvalue weighted by atomic mass is 9.89. The second kappa shape index (κ2) is 7.47. The average molecular weight is 327 g/mol. The molecule has 22 heavy (non-hydrogen) atoms. The van der Waals surface area contributed by atoms with Crippen LogP contribution >= 0.6 is 12.4 Å². The molecule has 1 saturated carbocycles. The van der Waals surface area contributed by atoms with E-state index in [0.29, 0.717) is 12.0 Å². The smallest absolute Gasteiger partial charge is 0.225 e. The molecule has 2 fully saturated rings. The Hall–Kier alpha value is -1.07. The summed E-state index contributed by atoms with van der Waals surface area (Å²) >= 11 is 0. The quantitative estimate of drug-likeness (QED) is 0.887. The van der Waals surface area contributed by atoms with Gasteiger partial charge < -0.3 is 10.6 Å². The fourth-order valence-corrected chi connectivity index (χ4v) is 3.84. The van der Waals surface area contributed by atoms with Gasteiger partial charge in [-0.15, -0.1) is 12.4 Å². The molecule has 6 heteroatoms. The average Bonchev–Trinajstić information content (AvgIpc) is 3.19. The number of nitrogens with zero attached hydrogens (tertiary/aromatic N) is 2. The Labute approximate surface area is 138 Å². The minimum Gasteiger partial charge on any atom is -0.353 e. The molecule has 1 amide bonds. The number of halogens is 1. The first-order valence-corrected chi connectivity index (χ1v) is 8.15. The van der Waals surface area contributed by atoms with Crippen LogP contribution in [-0.2, 0) is 11.8 Å². The van der Waals surface area contributed by atoms with Crippen LogP contribution in [0.5, 0.6) is 0 Å². The van der Waals surface area contributed by atoms with Gasteiger partial charge in [-0.05, 0) is 31.2 Å². The van der Waals surface area contributed by atoms with Gasteiger partial charge in [-0.3, -0.25) is 9.48 Å². The van der Waals surface area contributed by atoms with Crippen molar-refractivity contribution in [1.82, 2.24) is 20.4 Å².